The van der Waals surface area contributed by atoms with Crippen LogP contribution < -0.4 is 10.9 Å². The molecule has 24 heavy (non-hydrogen) atoms. The average Bonchev–Trinajstić information content (AvgIpc) is 3.32. The van der Waals surface area contributed by atoms with Gasteiger partial charge in [0.2, 0.25) is 0 Å². The minimum atomic E-state index is -0.191. The summed E-state index contributed by atoms with van der Waals surface area (Å²) in [6, 6.07) is 3.55. The highest BCUT2D eigenvalue weighted by Gasteiger charge is 2.32. The van der Waals surface area contributed by atoms with Gasteiger partial charge in [-0.1, -0.05) is 41.7 Å². The van der Waals surface area contributed by atoms with E-state index in [4.69, 9.17) is 34.8 Å². The van der Waals surface area contributed by atoms with Gasteiger partial charge in [-0.25, -0.2) is 4.98 Å². The second-order valence-corrected chi connectivity index (χ2v) is 7.37. The number of nitrogens with one attached hydrogen (secondary N) is 1. The van der Waals surface area contributed by atoms with Crippen LogP contribution in [0.3, 0.4) is 0 Å². The summed E-state index contributed by atoms with van der Waals surface area (Å²) in [5, 5.41) is 4.29. The van der Waals surface area contributed by atoms with Gasteiger partial charge in [-0.05, 0) is 49.8 Å². The first-order valence-corrected chi connectivity index (χ1v) is 9.05. The summed E-state index contributed by atoms with van der Waals surface area (Å²) in [4.78, 5) is 17.0. The Morgan fingerprint density at radius 3 is 2.62 bits per heavy atom. The maximum Gasteiger partial charge on any atom is 0.294 e. The Hall–Kier alpha value is -1.23. The topological polar surface area (TPSA) is 46.9 Å². The number of benzene rings is 1. The number of hydrogen-bond acceptors (Lipinski definition) is 3. The maximum absolute atomic E-state index is 12.9. The van der Waals surface area contributed by atoms with E-state index in [1.165, 1.54) is 0 Å². The summed E-state index contributed by atoms with van der Waals surface area (Å²) in [7, 11) is 0. The molecule has 1 heterocycles. The quantitative estimate of drug-likeness (QED) is 0.725. The smallest absolute Gasteiger partial charge is 0.294 e. The van der Waals surface area contributed by atoms with Crippen molar-refractivity contribution >= 4 is 46.3 Å². The summed E-state index contributed by atoms with van der Waals surface area (Å²) in [5.41, 5.74) is 1.25. The van der Waals surface area contributed by atoms with E-state index in [2.05, 4.69) is 17.2 Å². The molecule has 0 spiro atoms. The van der Waals surface area contributed by atoms with Gasteiger partial charge in [-0.15, -0.1) is 0 Å². The van der Waals surface area contributed by atoms with Gasteiger partial charge in [-0.3, -0.25) is 4.79 Å². The molecule has 4 nitrogen and oxygen atoms in total. The van der Waals surface area contributed by atoms with Crippen molar-refractivity contribution in [3.63, 3.8) is 0 Å². The molecule has 1 aromatic heterocycles. The number of hydrogen-bond donors (Lipinski definition) is 1. The molecule has 1 fully saturated rings. The number of anilines is 2. The van der Waals surface area contributed by atoms with Gasteiger partial charge in [0.05, 0.1) is 10.7 Å². The molecule has 0 saturated heterocycles. The van der Waals surface area contributed by atoms with Crippen LogP contribution in [0.5, 0.6) is 0 Å². The normalized spacial score (nSPS) is 15.4. The molecule has 1 atom stereocenters. The van der Waals surface area contributed by atoms with E-state index in [1.807, 2.05) is 6.92 Å². The molecule has 7 heteroatoms. The van der Waals surface area contributed by atoms with Crippen LogP contribution in [0.4, 0.5) is 11.5 Å². The Morgan fingerprint density at radius 2 is 2.04 bits per heavy atom. The molecule has 2 aromatic rings. The van der Waals surface area contributed by atoms with Gasteiger partial charge >= 0.3 is 0 Å². The molecule has 1 N–H and O–H groups in total. The Morgan fingerprint density at radius 1 is 1.33 bits per heavy atom. The average molecular weight is 387 g/mol. The third kappa shape index (κ3) is 3.56. The van der Waals surface area contributed by atoms with Gasteiger partial charge < -0.3 is 9.88 Å². The summed E-state index contributed by atoms with van der Waals surface area (Å²) >= 11 is 18.4. The highest BCUT2D eigenvalue weighted by atomic mass is 35.5. The van der Waals surface area contributed by atoms with Crippen molar-refractivity contribution in [1.29, 1.82) is 0 Å². The largest absolute Gasteiger partial charge is 0.334 e. The lowest BCUT2D eigenvalue weighted by Crippen LogP contribution is -2.28. The van der Waals surface area contributed by atoms with Crippen molar-refractivity contribution in [2.24, 2.45) is 5.92 Å². The van der Waals surface area contributed by atoms with Crippen molar-refractivity contribution in [2.75, 3.05) is 5.32 Å². The van der Waals surface area contributed by atoms with Crippen LogP contribution in [0.2, 0.25) is 15.2 Å². The highest BCUT2D eigenvalue weighted by molar-refractivity contribution is 6.36. The van der Waals surface area contributed by atoms with Crippen LogP contribution in [0.25, 0.3) is 0 Å². The van der Waals surface area contributed by atoms with E-state index in [1.54, 1.807) is 22.9 Å². The van der Waals surface area contributed by atoms with Crippen molar-refractivity contribution < 1.29 is 0 Å². The predicted molar refractivity (Wildman–Crippen MR) is 100 cm³/mol. The van der Waals surface area contributed by atoms with Crippen molar-refractivity contribution in [1.82, 2.24) is 9.55 Å². The molecule has 0 aliphatic heterocycles. The fraction of sp³-hybridized carbons (Fsp3) is 0.412. The third-order valence-electron chi connectivity index (χ3n) is 4.34. The molecule has 1 saturated carbocycles. The van der Waals surface area contributed by atoms with Crippen molar-refractivity contribution in [2.45, 2.75) is 39.2 Å². The Balaban J connectivity index is 2.03. The molecular formula is C17H18Cl3N3O. The zero-order valence-corrected chi connectivity index (χ0v) is 15.7. The van der Waals surface area contributed by atoms with Gasteiger partial charge in [0, 0.05) is 17.3 Å². The lowest BCUT2D eigenvalue weighted by molar-refractivity contribution is 0.419. The first-order valence-electron chi connectivity index (χ1n) is 7.92. The van der Waals surface area contributed by atoms with Crippen LogP contribution in [-0.2, 0) is 0 Å². The van der Waals surface area contributed by atoms with Crippen LogP contribution in [0.1, 0.15) is 37.8 Å². The SMILES string of the molecule is CC[C@H](C1CC1)n1cc(Cl)nc(Nc2c(C)cc(Cl)cc2Cl)c1=O. The molecule has 128 valence electrons. The van der Waals surface area contributed by atoms with Gasteiger partial charge in [0.1, 0.15) is 5.15 Å². The summed E-state index contributed by atoms with van der Waals surface area (Å²) in [6.07, 6.45) is 4.80. The standard InChI is InChI=1S/C17H18Cl3N3O/c1-3-13(10-4-5-10)23-8-14(20)21-16(17(23)24)22-15-9(2)6-11(18)7-12(15)19/h6-8,10,13H,3-5H2,1-2H3,(H,21,22)/t13-/m1/s1. The first-order chi connectivity index (χ1) is 11.4. The summed E-state index contributed by atoms with van der Waals surface area (Å²) < 4.78 is 1.70. The number of aryl methyl sites for hydroxylation is 1. The first kappa shape index (κ1) is 17.6. The molecule has 0 bridgehead atoms. The molecule has 1 aliphatic rings. The molecule has 0 radical (unpaired) electrons. The predicted octanol–water partition coefficient (Wildman–Crippen LogP) is 5.62. The number of aromatic nitrogens is 2. The van der Waals surface area contributed by atoms with E-state index < -0.39 is 0 Å². The van der Waals surface area contributed by atoms with Gasteiger partial charge in [-0.2, -0.15) is 0 Å². The lowest BCUT2D eigenvalue weighted by atomic mass is 10.1. The van der Waals surface area contributed by atoms with E-state index in [0.717, 1.165) is 24.8 Å². The highest BCUT2D eigenvalue weighted by Crippen LogP contribution is 2.41. The molecule has 1 aromatic carbocycles. The lowest BCUT2D eigenvalue weighted by Gasteiger charge is -2.19. The Kier molecular flexibility index (Phi) is 5.09. The van der Waals surface area contributed by atoms with Gasteiger partial charge in [0.15, 0.2) is 5.82 Å². The van der Waals surface area contributed by atoms with E-state index in [0.29, 0.717) is 21.7 Å². The molecule has 1 aliphatic carbocycles. The van der Waals surface area contributed by atoms with E-state index in [-0.39, 0.29) is 22.6 Å². The summed E-state index contributed by atoms with van der Waals surface area (Å²) in [5.74, 6) is 0.716. The molecular weight excluding hydrogens is 369 g/mol. The Labute approximate surface area is 155 Å². The third-order valence-corrected chi connectivity index (χ3v) is 5.04. The molecule has 0 amide bonds. The molecule has 3 rings (SSSR count). The monoisotopic (exact) mass is 385 g/mol. The van der Waals surface area contributed by atoms with Crippen LogP contribution in [-0.4, -0.2) is 9.55 Å². The Bertz CT molecular complexity index is 807. The zero-order chi connectivity index (χ0) is 17.4. The fourth-order valence-corrected chi connectivity index (χ4v) is 3.86. The van der Waals surface area contributed by atoms with Crippen LogP contribution >= 0.6 is 34.8 Å². The van der Waals surface area contributed by atoms with E-state index >= 15 is 0 Å². The minimum Gasteiger partial charge on any atom is -0.334 e. The van der Waals surface area contributed by atoms with Crippen LogP contribution in [0.15, 0.2) is 23.1 Å². The van der Waals surface area contributed by atoms with Crippen molar-refractivity contribution in [3.05, 3.63) is 49.4 Å². The number of nitrogens with zero attached hydrogens (tertiary/aromatic N) is 2. The van der Waals surface area contributed by atoms with E-state index in [9.17, 15) is 4.79 Å². The summed E-state index contributed by atoms with van der Waals surface area (Å²) in [6.45, 7) is 3.94. The second kappa shape index (κ2) is 6.95. The second-order valence-electron chi connectivity index (χ2n) is 6.14. The van der Waals surface area contributed by atoms with Crippen LogP contribution in [0, 0.1) is 12.8 Å². The number of halogens is 3. The fourth-order valence-electron chi connectivity index (χ4n) is 3.02. The zero-order valence-electron chi connectivity index (χ0n) is 13.4. The van der Waals surface area contributed by atoms with Crippen molar-refractivity contribution in [3.8, 4) is 0 Å². The minimum absolute atomic E-state index is 0.153. The maximum atomic E-state index is 12.9. The molecule has 0 unspecified atom stereocenters. The number of rotatable bonds is 5. The van der Waals surface area contributed by atoms with Gasteiger partial charge in [0.25, 0.3) is 5.56 Å².